The number of rotatable bonds is 6. The van der Waals surface area contributed by atoms with Crippen LogP contribution in [0.5, 0.6) is 0 Å². The maximum atomic E-state index is 13.1. The second kappa shape index (κ2) is 8.67. The minimum Gasteiger partial charge on any atom is -0.334 e. The van der Waals surface area contributed by atoms with Gasteiger partial charge in [0, 0.05) is 25.6 Å². The SMILES string of the molecule is Cc1nc(Cc2ccc(F)cc2)sc1C(=O)N1CCCCC1CNS(C)(=O)=O. The molecule has 9 heteroatoms. The average molecular weight is 426 g/mol. The molecule has 0 radical (unpaired) electrons. The molecule has 0 saturated carbocycles. The Hall–Kier alpha value is -1.84. The van der Waals surface area contributed by atoms with Crippen LogP contribution in [0, 0.1) is 12.7 Å². The van der Waals surface area contributed by atoms with Gasteiger partial charge in [-0.05, 0) is 43.9 Å². The lowest BCUT2D eigenvalue weighted by molar-refractivity contribution is 0.0623. The average Bonchev–Trinajstić information content (AvgIpc) is 3.01. The lowest BCUT2D eigenvalue weighted by Gasteiger charge is -2.35. The summed E-state index contributed by atoms with van der Waals surface area (Å²) in [5.74, 6) is -0.380. The van der Waals surface area contributed by atoms with Gasteiger partial charge in [-0.3, -0.25) is 4.79 Å². The fourth-order valence-corrected chi connectivity index (χ4v) is 4.91. The van der Waals surface area contributed by atoms with Crippen LogP contribution in [0.25, 0.3) is 0 Å². The molecule has 1 aliphatic rings. The number of nitrogens with one attached hydrogen (secondary N) is 1. The molecule has 1 amide bonds. The Balaban J connectivity index is 1.75. The van der Waals surface area contributed by atoms with Crippen molar-refractivity contribution >= 4 is 27.3 Å². The molecule has 2 heterocycles. The van der Waals surface area contributed by atoms with Gasteiger partial charge in [-0.25, -0.2) is 22.5 Å². The number of halogens is 1. The van der Waals surface area contributed by atoms with E-state index in [2.05, 4.69) is 9.71 Å². The van der Waals surface area contributed by atoms with E-state index >= 15 is 0 Å². The van der Waals surface area contributed by atoms with Crippen molar-refractivity contribution in [3.8, 4) is 0 Å². The minimum atomic E-state index is -3.30. The molecule has 1 atom stereocenters. The molecule has 6 nitrogen and oxygen atoms in total. The van der Waals surface area contributed by atoms with Crippen LogP contribution in [0.2, 0.25) is 0 Å². The summed E-state index contributed by atoms with van der Waals surface area (Å²) < 4.78 is 38.4. The van der Waals surface area contributed by atoms with E-state index in [9.17, 15) is 17.6 Å². The molecule has 0 spiro atoms. The predicted molar refractivity (Wildman–Crippen MR) is 108 cm³/mol. The van der Waals surface area contributed by atoms with E-state index in [-0.39, 0.29) is 24.3 Å². The molecular weight excluding hydrogens is 401 g/mol. The Kier molecular flexibility index (Phi) is 6.47. The first-order valence-electron chi connectivity index (χ1n) is 9.19. The second-order valence-electron chi connectivity index (χ2n) is 7.09. The van der Waals surface area contributed by atoms with Gasteiger partial charge in [0.15, 0.2) is 0 Å². The van der Waals surface area contributed by atoms with Crippen LogP contribution in [0.4, 0.5) is 4.39 Å². The number of aryl methyl sites for hydroxylation is 1. The molecule has 1 saturated heterocycles. The van der Waals surface area contributed by atoms with Crippen LogP contribution in [-0.2, 0) is 16.4 Å². The quantitative estimate of drug-likeness (QED) is 0.772. The van der Waals surface area contributed by atoms with Crippen molar-refractivity contribution in [2.75, 3.05) is 19.3 Å². The second-order valence-corrected chi connectivity index (χ2v) is 10.0. The van der Waals surface area contributed by atoms with Gasteiger partial charge in [-0.1, -0.05) is 12.1 Å². The fraction of sp³-hybridized carbons (Fsp3) is 0.474. The zero-order valence-electron chi connectivity index (χ0n) is 15.9. The molecule has 1 unspecified atom stereocenters. The van der Waals surface area contributed by atoms with Crippen LogP contribution in [-0.4, -0.2) is 49.6 Å². The Morgan fingerprint density at radius 2 is 2.04 bits per heavy atom. The first-order valence-corrected chi connectivity index (χ1v) is 11.9. The van der Waals surface area contributed by atoms with Gasteiger partial charge in [0.05, 0.1) is 17.0 Å². The topological polar surface area (TPSA) is 79.4 Å². The van der Waals surface area contributed by atoms with Gasteiger partial charge < -0.3 is 4.90 Å². The molecule has 2 aromatic rings. The zero-order chi connectivity index (χ0) is 20.3. The summed E-state index contributed by atoms with van der Waals surface area (Å²) in [7, 11) is -3.30. The van der Waals surface area contributed by atoms with Gasteiger partial charge in [-0.15, -0.1) is 11.3 Å². The van der Waals surface area contributed by atoms with Crippen LogP contribution in [0.1, 0.15) is 45.2 Å². The summed E-state index contributed by atoms with van der Waals surface area (Å²) in [6, 6.07) is 6.10. The van der Waals surface area contributed by atoms with E-state index in [1.807, 2.05) is 6.92 Å². The molecule has 1 fully saturated rings. The van der Waals surface area contributed by atoms with Crippen molar-refractivity contribution in [3.05, 3.63) is 51.2 Å². The number of likely N-dealkylation sites (tertiary alicyclic amines) is 1. The third-order valence-electron chi connectivity index (χ3n) is 4.77. The number of amides is 1. The lowest BCUT2D eigenvalue weighted by Crippen LogP contribution is -2.49. The number of carbonyl (C=O) groups is 1. The Morgan fingerprint density at radius 1 is 1.32 bits per heavy atom. The highest BCUT2D eigenvalue weighted by atomic mass is 32.2. The molecule has 0 bridgehead atoms. The largest absolute Gasteiger partial charge is 0.334 e. The molecule has 1 aliphatic heterocycles. The number of piperidine rings is 1. The van der Waals surface area contributed by atoms with Crippen molar-refractivity contribution in [1.82, 2.24) is 14.6 Å². The third kappa shape index (κ3) is 5.36. The fourth-order valence-electron chi connectivity index (χ4n) is 3.36. The molecule has 1 aromatic heterocycles. The Bertz CT molecular complexity index is 942. The van der Waals surface area contributed by atoms with E-state index < -0.39 is 10.0 Å². The van der Waals surface area contributed by atoms with Crippen molar-refractivity contribution < 1.29 is 17.6 Å². The summed E-state index contributed by atoms with van der Waals surface area (Å²) in [5, 5.41) is 0.801. The summed E-state index contributed by atoms with van der Waals surface area (Å²) in [4.78, 5) is 20.0. The van der Waals surface area contributed by atoms with Crippen molar-refractivity contribution in [3.63, 3.8) is 0 Å². The van der Waals surface area contributed by atoms with Crippen molar-refractivity contribution in [1.29, 1.82) is 0 Å². The highest BCUT2D eigenvalue weighted by Gasteiger charge is 2.30. The van der Waals surface area contributed by atoms with E-state index in [4.69, 9.17) is 0 Å². The van der Waals surface area contributed by atoms with Gasteiger partial charge in [0.1, 0.15) is 10.7 Å². The van der Waals surface area contributed by atoms with Crippen LogP contribution in [0.15, 0.2) is 24.3 Å². The molecular formula is C19H24FN3O3S2. The highest BCUT2D eigenvalue weighted by molar-refractivity contribution is 7.88. The van der Waals surface area contributed by atoms with Crippen LogP contribution in [0.3, 0.4) is 0 Å². The molecule has 28 heavy (non-hydrogen) atoms. The standard InChI is InChI=1S/C19H24FN3O3S2/c1-13-18(27-17(22-13)11-14-6-8-15(20)9-7-14)19(24)23-10-4-3-5-16(23)12-21-28(2,25)26/h6-9,16,21H,3-5,10-12H2,1-2H3. The molecule has 3 rings (SSSR count). The summed E-state index contributed by atoms with van der Waals surface area (Å²) in [6.07, 6.45) is 4.31. The first-order chi connectivity index (χ1) is 13.2. The number of hydrogen-bond donors (Lipinski definition) is 1. The number of sulfonamides is 1. The van der Waals surface area contributed by atoms with E-state index in [0.717, 1.165) is 36.1 Å². The Morgan fingerprint density at radius 3 is 2.71 bits per heavy atom. The normalized spacial score (nSPS) is 17.7. The maximum absolute atomic E-state index is 13.1. The number of benzene rings is 1. The van der Waals surface area contributed by atoms with E-state index in [0.29, 0.717) is 23.5 Å². The van der Waals surface area contributed by atoms with Crippen molar-refractivity contribution in [2.45, 2.75) is 38.6 Å². The van der Waals surface area contributed by atoms with Gasteiger partial charge >= 0.3 is 0 Å². The third-order valence-corrected chi connectivity index (χ3v) is 6.61. The van der Waals surface area contributed by atoms with Gasteiger partial charge in [0.2, 0.25) is 10.0 Å². The van der Waals surface area contributed by atoms with E-state index in [1.54, 1.807) is 17.0 Å². The predicted octanol–water partition coefficient (Wildman–Crippen LogP) is 2.73. The minimum absolute atomic E-state index is 0.0969. The zero-order valence-corrected chi connectivity index (χ0v) is 17.6. The van der Waals surface area contributed by atoms with E-state index in [1.165, 1.54) is 23.5 Å². The molecule has 1 aromatic carbocycles. The van der Waals surface area contributed by atoms with Crippen LogP contribution >= 0.6 is 11.3 Å². The van der Waals surface area contributed by atoms with Crippen molar-refractivity contribution in [2.24, 2.45) is 0 Å². The summed E-state index contributed by atoms with van der Waals surface area (Å²) in [6.45, 7) is 2.65. The number of aromatic nitrogens is 1. The number of hydrogen-bond acceptors (Lipinski definition) is 5. The van der Waals surface area contributed by atoms with Crippen LogP contribution < -0.4 is 4.72 Å². The number of nitrogens with zero attached hydrogens (tertiary/aromatic N) is 2. The highest BCUT2D eigenvalue weighted by Crippen LogP contribution is 2.26. The summed E-state index contributed by atoms with van der Waals surface area (Å²) in [5.41, 5.74) is 1.61. The monoisotopic (exact) mass is 425 g/mol. The molecule has 1 N–H and O–H groups in total. The number of carbonyl (C=O) groups excluding carboxylic acids is 1. The van der Waals surface area contributed by atoms with Gasteiger partial charge in [-0.2, -0.15) is 0 Å². The molecule has 0 aliphatic carbocycles. The number of thiazole rings is 1. The summed E-state index contributed by atoms with van der Waals surface area (Å²) >= 11 is 1.35. The maximum Gasteiger partial charge on any atom is 0.266 e. The van der Waals surface area contributed by atoms with Gasteiger partial charge in [0.25, 0.3) is 5.91 Å². The Labute approximate surface area is 168 Å². The smallest absolute Gasteiger partial charge is 0.266 e. The molecule has 152 valence electrons. The lowest BCUT2D eigenvalue weighted by atomic mass is 10.0. The first kappa shape index (κ1) is 20.9.